The van der Waals surface area contributed by atoms with Gasteiger partial charge in [0.1, 0.15) is 5.75 Å². The summed E-state index contributed by atoms with van der Waals surface area (Å²) >= 11 is 0. The predicted octanol–water partition coefficient (Wildman–Crippen LogP) is 3.81. The highest BCUT2D eigenvalue weighted by atomic mass is 16.5. The summed E-state index contributed by atoms with van der Waals surface area (Å²) in [7, 11) is 1.69. The molecular weight excluding hydrogens is 336 g/mol. The molecule has 0 unspecified atom stereocenters. The van der Waals surface area contributed by atoms with Crippen molar-refractivity contribution in [2.45, 2.75) is 26.9 Å². The maximum atomic E-state index is 5.48. The van der Waals surface area contributed by atoms with Gasteiger partial charge in [-0.2, -0.15) is 0 Å². The molecule has 1 heterocycles. The van der Waals surface area contributed by atoms with Crippen LogP contribution >= 0.6 is 0 Å². The van der Waals surface area contributed by atoms with Crippen LogP contribution in [-0.2, 0) is 13.1 Å². The lowest BCUT2D eigenvalue weighted by molar-refractivity contribution is 0.409. The van der Waals surface area contributed by atoms with Crippen molar-refractivity contribution < 1.29 is 4.74 Å². The molecule has 0 bridgehead atoms. The number of guanidine groups is 1. The monoisotopic (exact) mass is 362 g/mol. The Morgan fingerprint density at radius 2 is 1.93 bits per heavy atom. The van der Waals surface area contributed by atoms with Gasteiger partial charge in [0.25, 0.3) is 0 Å². The summed E-state index contributed by atoms with van der Waals surface area (Å²) in [5, 5.41) is 7.85. The van der Waals surface area contributed by atoms with Crippen LogP contribution in [0.2, 0.25) is 0 Å². The third-order valence-electron chi connectivity index (χ3n) is 4.36. The van der Waals surface area contributed by atoms with E-state index in [1.165, 1.54) is 5.56 Å². The Bertz CT molecular complexity index is 931. The van der Waals surface area contributed by atoms with Crippen molar-refractivity contribution in [3.63, 3.8) is 0 Å². The number of hydrogen-bond donors (Lipinski definition) is 2. The number of rotatable bonds is 6. The van der Waals surface area contributed by atoms with Crippen LogP contribution in [0.25, 0.3) is 10.9 Å². The Morgan fingerprint density at radius 3 is 2.74 bits per heavy atom. The Hall–Kier alpha value is -3.08. The van der Waals surface area contributed by atoms with Crippen molar-refractivity contribution in [1.82, 2.24) is 15.6 Å². The molecule has 3 aromatic rings. The number of nitrogens with one attached hydrogen (secondary N) is 2. The average molecular weight is 362 g/mol. The van der Waals surface area contributed by atoms with Crippen molar-refractivity contribution in [2.75, 3.05) is 13.7 Å². The van der Waals surface area contributed by atoms with Gasteiger partial charge in [0.15, 0.2) is 5.96 Å². The number of nitrogens with zero attached hydrogens (tertiary/aromatic N) is 2. The molecule has 0 saturated heterocycles. The second-order valence-corrected chi connectivity index (χ2v) is 6.36. The molecule has 27 heavy (non-hydrogen) atoms. The normalized spacial score (nSPS) is 11.4. The van der Waals surface area contributed by atoms with Gasteiger partial charge in [0, 0.05) is 30.2 Å². The summed E-state index contributed by atoms with van der Waals surface area (Å²) in [6, 6.07) is 16.4. The quantitative estimate of drug-likeness (QED) is 0.517. The minimum atomic E-state index is 0.548. The molecule has 2 N–H and O–H groups in total. The molecule has 0 aliphatic carbocycles. The summed E-state index contributed by atoms with van der Waals surface area (Å²) < 4.78 is 5.48. The standard InChI is InChI=1S/C22H26N4O/c1-4-23-22(25-14-18-11-10-16(2)13-20(18)27-3)26-15-19-8-5-7-17-9-6-12-24-21(17)19/h5-13H,4,14-15H2,1-3H3,(H2,23,25,26). The number of hydrogen-bond acceptors (Lipinski definition) is 3. The number of aryl methyl sites for hydroxylation is 1. The minimum Gasteiger partial charge on any atom is -0.496 e. The zero-order valence-corrected chi connectivity index (χ0v) is 16.1. The maximum Gasteiger partial charge on any atom is 0.191 e. The van der Waals surface area contributed by atoms with E-state index in [0.717, 1.165) is 40.3 Å². The van der Waals surface area contributed by atoms with E-state index in [1.807, 2.05) is 18.3 Å². The number of para-hydroxylation sites is 1. The second-order valence-electron chi connectivity index (χ2n) is 6.36. The lowest BCUT2D eigenvalue weighted by atomic mass is 10.1. The van der Waals surface area contributed by atoms with E-state index < -0.39 is 0 Å². The van der Waals surface area contributed by atoms with Gasteiger partial charge in [-0.1, -0.05) is 36.4 Å². The number of ether oxygens (including phenoxy) is 1. The van der Waals surface area contributed by atoms with E-state index in [1.54, 1.807) is 7.11 Å². The SMILES string of the molecule is CCNC(=NCc1ccc(C)cc1OC)NCc1cccc2cccnc12. The van der Waals surface area contributed by atoms with Gasteiger partial charge in [-0.3, -0.25) is 4.98 Å². The smallest absolute Gasteiger partial charge is 0.191 e. The fourth-order valence-electron chi connectivity index (χ4n) is 2.98. The zero-order valence-electron chi connectivity index (χ0n) is 16.1. The number of benzene rings is 2. The van der Waals surface area contributed by atoms with Crippen molar-refractivity contribution in [3.8, 4) is 5.75 Å². The van der Waals surface area contributed by atoms with Gasteiger partial charge in [-0.15, -0.1) is 0 Å². The number of aromatic nitrogens is 1. The highest BCUT2D eigenvalue weighted by molar-refractivity contribution is 5.83. The lowest BCUT2D eigenvalue weighted by Crippen LogP contribution is -2.36. The van der Waals surface area contributed by atoms with E-state index in [2.05, 4.69) is 65.9 Å². The molecule has 0 amide bonds. The Morgan fingerprint density at radius 1 is 1.07 bits per heavy atom. The number of pyridine rings is 1. The van der Waals surface area contributed by atoms with Crippen molar-refractivity contribution >= 4 is 16.9 Å². The van der Waals surface area contributed by atoms with Crippen LogP contribution in [-0.4, -0.2) is 24.6 Å². The van der Waals surface area contributed by atoms with Crippen LogP contribution in [0, 0.1) is 6.92 Å². The lowest BCUT2D eigenvalue weighted by Gasteiger charge is -2.13. The molecule has 2 aromatic carbocycles. The van der Waals surface area contributed by atoms with Gasteiger partial charge in [-0.25, -0.2) is 4.99 Å². The molecule has 0 spiro atoms. The highest BCUT2D eigenvalue weighted by Gasteiger charge is 2.06. The largest absolute Gasteiger partial charge is 0.496 e. The first-order chi connectivity index (χ1) is 13.2. The van der Waals surface area contributed by atoms with Crippen LogP contribution in [0.1, 0.15) is 23.6 Å². The Kier molecular flexibility index (Phi) is 6.26. The van der Waals surface area contributed by atoms with E-state index >= 15 is 0 Å². The third kappa shape index (κ3) is 4.76. The van der Waals surface area contributed by atoms with Crippen LogP contribution in [0.15, 0.2) is 59.7 Å². The van der Waals surface area contributed by atoms with Crippen LogP contribution in [0.4, 0.5) is 0 Å². The molecular formula is C22H26N4O. The zero-order chi connectivity index (χ0) is 19.1. The highest BCUT2D eigenvalue weighted by Crippen LogP contribution is 2.20. The topological polar surface area (TPSA) is 58.5 Å². The molecule has 0 atom stereocenters. The van der Waals surface area contributed by atoms with Crippen LogP contribution in [0.5, 0.6) is 5.75 Å². The number of methoxy groups -OCH3 is 1. The summed E-state index contributed by atoms with van der Waals surface area (Å²) in [6.45, 7) is 6.12. The molecule has 0 aliphatic heterocycles. The molecule has 140 valence electrons. The van der Waals surface area contributed by atoms with Crippen LogP contribution < -0.4 is 15.4 Å². The molecule has 3 rings (SSSR count). The fourth-order valence-corrected chi connectivity index (χ4v) is 2.98. The van der Waals surface area contributed by atoms with Crippen LogP contribution in [0.3, 0.4) is 0 Å². The Balaban J connectivity index is 1.74. The fraction of sp³-hybridized carbons (Fsp3) is 0.273. The number of fused-ring (bicyclic) bond motifs is 1. The first kappa shape index (κ1) is 18.7. The average Bonchev–Trinajstić information content (AvgIpc) is 2.70. The summed E-state index contributed by atoms with van der Waals surface area (Å²) in [5.41, 5.74) is 4.40. The third-order valence-corrected chi connectivity index (χ3v) is 4.36. The van der Waals surface area contributed by atoms with Gasteiger partial charge < -0.3 is 15.4 Å². The first-order valence-electron chi connectivity index (χ1n) is 9.19. The Labute approximate surface area is 160 Å². The van der Waals surface area contributed by atoms with Crippen molar-refractivity contribution in [1.29, 1.82) is 0 Å². The van der Waals surface area contributed by atoms with Gasteiger partial charge in [0.05, 0.1) is 19.2 Å². The summed E-state index contributed by atoms with van der Waals surface area (Å²) in [6.07, 6.45) is 1.83. The van der Waals surface area contributed by atoms with Crippen molar-refractivity contribution in [3.05, 3.63) is 71.4 Å². The minimum absolute atomic E-state index is 0.548. The van der Waals surface area contributed by atoms with Gasteiger partial charge in [0.2, 0.25) is 0 Å². The molecule has 0 aliphatic rings. The molecule has 5 heteroatoms. The first-order valence-corrected chi connectivity index (χ1v) is 9.19. The van der Waals surface area contributed by atoms with Gasteiger partial charge in [-0.05, 0) is 37.1 Å². The van der Waals surface area contributed by atoms with Crippen molar-refractivity contribution in [2.24, 2.45) is 4.99 Å². The van der Waals surface area contributed by atoms with Gasteiger partial charge >= 0.3 is 0 Å². The van der Waals surface area contributed by atoms with E-state index in [-0.39, 0.29) is 0 Å². The summed E-state index contributed by atoms with van der Waals surface area (Å²) in [4.78, 5) is 9.22. The van der Waals surface area contributed by atoms with E-state index in [4.69, 9.17) is 9.73 Å². The second kappa shape index (κ2) is 9.03. The van der Waals surface area contributed by atoms with E-state index in [0.29, 0.717) is 13.1 Å². The molecule has 0 saturated carbocycles. The number of aliphatic imine (C=N–C) groups is 1. The van der Waals surface area contributed by atoms with E-state index in [9.17, 15) is 0 Å². The predicted molar refractivity (Wildman–Crippen MR) is 111 cm³/mol. The molecule has 0 radical (unpaired) electrons. The summed E-state index contributed by atoms with van der Waals surface area (Å²) in [5.74, 6) is 1.64. The molecule has 5 nitrogen and oxygen atoms in total. The molecule has 1 aromatic heterocycles. The maximum absolute atomic E-state index is 5.48. The molecule has 0 fully saturated rings.